The summed E-state index contributed by atoms with van der Waals surface area (Å²) >= 11 is 0. The van der Waals surface area contributed by atoms with Crippen molar-refractivity contribution in [1.82, 2.24) is 49.9 Å². The van der Waals surface area contributed by atoms with Crippen LogP contribution in [0, 0.1) is 5.92 Å². The number of phenolic OH excluding ortho intramolecular Hbond substituents is 2. The molecule has 2 aromatic carbocycles. The van der Waals surface area contributed by atoms with Crippen LogP contribution in [0.1, 0.15) is 191 Å². The monoisotopic (exact) mass is 1330 g/mol. The van der Waals surface area contributed by atoms with Crippen LogP contribution >= 0.6 is 0 Å². The Labute approximate surface area is 562 Å². The Kier molecular flexibility index (Phi) is 28.2. The molecule has 0 saturated carbocycles. The molecule has 0 unspecified atom stereocenters. The summed E-state index contributed by atoms with van der Waals surface area (Å²) in [6.07, 6.45) is 1.72. The summed E-state index contributed by atoms with van der Waals surface area (Å²) in [7, 11) is 0. The molecule has 2 saturated heterocycles. The van der Waals surface area contributed by atoms with Crippen LogP contribution in [0.5, 0.6) is 11.5 Å². The van der Waals surface area contributed by atoms with Gasteiger partial charge < -0.3 is 49.4 Å². The van der Waals surface area contributed by atoms with Crippen LogP contribution in [0.25, 0.3) is 17.1 Å². The van der Waals surface area contributed by atoms with E-state index in [1.165, 1.54) is 6.07 Å². The van der Waals surface area contributed by atoms with E-state index in [4.69, 9.17) is 23.7 Å². The maximum atomic E-state index is 14.6. The standard InChI is InChI=1S/C70H110N10O15/c1-19-71-63(88)62-74-73-61(51-41-50(46(2)3)54(81)42-55(51)82)80(62)49-22-20-47(21-23-49)40-48-28-30-79(31-29-48)57(84)27-24-52(64(89)94-69(13,14)15)72-56(83)26-25-53(65(90)95-70(16,17)18)78-38-36-76(44-59(86)92-67(7,8)9)34-32-75(43-58(85)91-66(4,5)6)33-35-77(37-39-78)45-60(87)93-68(10,11)12/h20-23,41-42,46,48,52-53,81-82H,19,24-40,43-45H2,1-18H3,(H,71,88)(H,72,83)/t52-,53+/m0/s1. The first-order chi connectivity index (χ1) is 44.0. The van der Waals surface area contributed by atoms with E-state index in [0.29, 0.717) is 81.9 Å². The number of hydrogen-bond donors (Lipinski definition) is 4. The molecule has 3 heterocycles. The molecule has 95 heavy (non-hydrogen) atoms. The van der Waals surface area contributed by atoms with E-state index in [0.717, 1.165) is 5.56 Å². The third-order valence-electron chi connectivity index (χ3n) is 15.5. The smallest absolute Gasteiger partial charge is 0.329 e. The van der Waals surface area contributed by atoms with E-state index in [2.05, 4.69) is 20.8 Å². The van der Waals surface area contributed by atoms with E-state index in [1.54, 1.807) is 126 Å². The van der Waals surface area contributed by atoms with Crippen LogP contribution < -0.4 is 10.6 Å². The summed E-state index contributed by atoms with van der Waals surface area (Å²) in [5.41, 5.74) is -1.60. The lowest BCUT2D eigenvalue weighted by Gasteiger charge is -2.37. The van der Waals surface area contributed by atoms with Gasteiger partial charge in [0.2, 0.25) is 17.6 Å². The van der Waals surface area contributed by atoms with Gasteiger partial charge in [0.1, 0.15) is 51.6 Å². The van der Waals surface area contributed by atoms with Gasteiger partial charge in [0.05, 0.1) is 25.2 Å². The number of rotatable bonds is 23. The Balaban J connectivity index is 1.31. The normalized spacial score (nSPS) is 16.6. The molecule has 0 aliphatic carbocycles. The quantitative estimate of drug-likeness (QED) is 0.0533. The van der Waals surface area contributed by atoms with Crippen molar-refractivity contribution < 1.29 is 72.3 Å². The molecule has 0 bridgehead atoms. The highest BCUT2D eigenvalue weighted by Gasteiger charge is 2.36. The largest absolute Gasteiger partial charge is 0.508 e. The molecule has 4 N–H and O–H groups in total. The van der Waals surface area contributed by atoms with Gasteiger partial charge in [-0.25, -0.2) is 4.79 Å². The molecule has 3 aromatic rings. The Bertz CT molecular complexity index is 3040. The molecule has 1 aromatic heterocycles. The number of amides is 3. The number of phenols is 2. The molecule has 530 valence electrons. The number of hydrogen-bond acceptors (Lipinski definition) is 21. The lowest BCUT2D eigenvalue weighted by atomic mass is 9.90. The number of piperidine rings is 1. The number of ether oxygens (including phenoxy) is 5. The van der Waals surface area contributed by atoms with Gasteiger partial charge in [0.25, 0.3) is 5.91 Å². The van der Waals surface area contributed by atoms with Crippen LogP contribution in [0.4, 0.5) is 0 Å². The number of aromatic hydroxyl groups is 2. The minimum atomic E-state index is -1.21. The molecule has 0 spiro atoms. The number of aromatic nitrogens is 3. The lowest BCUT2D eigenvalue weighted by molar-refractivity contribution is -0.163. The summed E-state index contributed by atoms with van der Waals surface area (Å²) in [4.78, 5) is 120. The number of nitrogens with one attached hydrogen (secondary N) is 2. The fourth-order valence-corrected chi connectivity index (χ4v) is 11.2. The second kappa shape index (κ2) is 34.1. The van der Waals surface area contributed by atoms with Crippen LogP contribution in [0.15, 0.2) is 36.4 Å². The summed E-state index contributed by atoms with van der Waals surface area (Å²) in [6, 6.07) is 8.35. The molecule has 3 amide bonds. The Morgan fingerprint density at radius 1 is 0.568 bits per heavy atom. The van der Waals surface area contributed by atoms with E-state index in [1.807, 2.05) is 57.7 Å². The van der Waals surface area contributed by atoms with Crippen molar-refractivity contribution in [3.63, 3.8) is 0 Å². The van der Waals surface area contributed by atoms with Gasteiger partial charge in [-0.15, -0.1) is 10.2 Å². The number of nitrogens with zero attached hydrogens (tertiary/aromatic N) is 8. The van der Waals surface area contributed by atoms with E-state index in [9.17, 15) is 48.6 Å². The summed E-state index contributed by atoms with van der Waals surface area (Å²) in [6.45, 7) is 35.3. The zero-order valence-electron chi connectivity index (χ0n) is 59.9. The molecule has 0 radical (unpaired) electrons. The average Bonchev–Trinajstić information content (AvgIpc) is 1.67. The third kappa shape index (κ3) is 27.1. The zero-order chi connectivity index (χ0) is 71.0. The first kappa shape index (κ1) is 78.5. The molecule has 2 aliphatic heterocycles. The van der Waals surface area contributed by atoms with Crippen molar-refractivity contribution >= 4 is 47.6 Å². The Hall–Kier alpha value is -7.22. The van der Waals surface area contributed by atoms with Crippen molar-refractivity contribution in [2.24, 2.45) is 5.92 Å². The fourth-order valence-electron chi connectivity index (χ4n) is 11.2. The molecule has 25 heteroatoms. The molecule has 2 aliphatic rings. The average molecular weight is 1330 g/mol. The van der Waals surface area contributed by atoms with E-state index < -0.39 is 81.7 Å². The highest BCUT2D eigenvalue weighted by molar-refractivity contribution is 5.92. The molecular weight excluding hydrogens is 1220 g/mol. The third-order valence-corrected chi connectivity index (χ3v) is 15.5. The fraction of sp³-hybridized carbons (Fsp3) is 0.686. The Morgan fingerprint density at radius 3 is 1.48 bits per heavy atom. The second-order valence-electron chi connectivity index (χ2n) is 30.2. The van der Waals surface area contributed by atoms with Gasteiger partial charge in [0.15, 0.2) is 5.82 Å². The maximum absolute atomic E-state index is 14.6. The molecule has 5 rings (SSSR count). The van der Waals surface area contributed by atoms with Crippen molar-refractivity contribution in [3.8, 4) is 28.6 Å². The van der Waals surface area contributed by atoms with Gasteiger partial charge >= 0.3 is 29.8 Å². The van der Waals surface area contributed by atoms with E-state index >= 15 is 0 Å². The number of likely N-dealkylation sites (tertiary alicyclic amines) is 1. The molecule has 2 atom stereocenters. The second-order valence-corrected chi connectivity index (χ2v) is 30.2. The number of carbonyl (C=O) groups excluding carboxylic acids is 8. The van der Waals surface area contributed by atoms with Gasteiger partial charge in [-0.1, -0.05) is 26.0 Å². The van der Waals surface area contributed by atoms with Gasteiger partial charge in [-0.3, -0.25) is 57.7 Å². The van der Waals surface area contributed by atoms with Crippen LogP contribution in [-0.2, 0) is 63.7 Å². The van der Waals surface area contributed by atoms with Gasteiger partial charge in [-0.2, -0.15) is 0 Å². The summed E-state index contributed by atoms with van der Waals surface area (Å²) in [5, 5.41) is 35.8. The van der Waals surface area contributed by atoms with Gasteiger partial charge in [0, 0.05) is 96.6 Å². The van der Waals surface area contributed by atoms with Crippen LogP contribution in [-0.4, -0.2) is 229 Å². The topological polar surface area (TPSA) is 294 Å². The highest BCUT2D eigenvalue weighted by atomic mass is 16.6. The van der Waals surface area contributed by atoms with Crippen molar-refractivity contribution in [1.29, 1.82) is 0 Å². The van der Waals surface area contributed by atoms with Crippen molar-refractivity contribution in [2.75, 3.05) is 91.6 Å². The van der Waals surface area contributed by atoms with Crippen LogP contribution in [0.3, 0.4) is 0 Å². The Morgan fingerprint density at radius 2 is 1.03 bits per heavy atom. The SMILES string of the molecule is CCNC(=O)c1nnc(-c2cc(C(C)C)c(O)cc2O)n1-c1ccc(CC2CCN(C(=O)CC[C@H](NC(=O)CC[C@H](C(=O)OC(C)(C)C)N3CCN(CC(=O)OC(C)(C)C)CCN(CC(=O)OC(C)(C)C)CCN(CC(=O)OC(C)(C)C)CC3)C(=O)OC(C)(C)C)CC2)cc1. The van der Waals surface area contributed by atoms with Gasteiger partial charge in [-0.05, 0) is 184 Å². The first-order valence-electron chi connectivity index (χ1n) is 33.5. The maximum Gasteiger partial charge on any atom is 0.329 e. The first-order valence-corrected chi connectivity index (χ1v) is 33.5. The van der Waals surface area contributed by atoms with Crippen LogP contribution in [0.2, 0.25) is 0 Å². The predicted molar refractivity (Wildman–Crippen MR) is 360 cm³/mol. The molecule has 2 fully saturated rings. The van der Waals surface area contributed by atoms with Crippen molar-refractivity contribution in [3.05, 3.63) is 53.3 Å². The summed E-state index contributed by atoms with van der Waals surface area (Å²) < 4.78 is 30.6. The molecule has 25 nitrogen and oxygen atoms in total. The predicted octanol–water partition coefficient (Wildman–Crippen LogP) is 7.34. The lowest BCUT2D eigenvalue weighted by Crippen LogP contribution is -2.53. The highest BCUT2D eigenvalue weighted by Crippen LogP contribution is 2.38. The number of carbonyl (C=O) groups is 8. The minimum absolute atomic E-state index is 0.0275. The zero-order valence-corrected chi connectivity index (χ0v) is 59.9. The summed E-state index contributed by atoms with van der Waals surface area (Å²) in [5.74, 6) is -3.71. The number of esters is 5. The molecular formula is C70H110N10O15. The van der Waals surface area contributed by atoms with E-state index in [-0.39, 0.29) is 112 Å². The van der Waals surface area contributed by atoms with Crippen molar-refractivity contribution in [2.45, 2.75) is 216 Å². The minimum Gasteiger partial charge on any atom is -0.508 e. The number of benzene rings is 2.